The lowest BCUT2D eigenvalue weighted by atomic mass is 9.64. The van der Waals surface area contributed by atoms with Crippen LogP contribution in [0.15, 0.2) is 73.1 Å². The number of primary amides is 1. The number of hydrogen-bond donors (Lipinski definition) is 1. The average molecular weight is 417 g/mol. The van der Waals surface area contributed by atoms with Crippen molar-refractivity contribution in [2.75, 3.05) is 6.61 Å². The quantitative estimate of drug-likeness (QED) is 0.474. The Hall–Kier alpha value is -2.92. The number of carbonyl (C=O) groups excluding carboxylic acids is 1. The van der Waals surface area contributed by atoms with Crippen LogP contribution in [0.2, 0.25) is 0 Å². The second-order valence-electron chi connectivity index (χ2n) is 8.93. The van der Waals surface area contributed by atoms with Gasteiger partial charge in [0.25, 0.3) is 5.82 Å². The number of hydrogen-bond acceptors (Lipinski definition) is 2. The predicted octanol–water partition coefficient (Wildman–Crippen LogP) is 3.30. The van der Waals surface area contributed by atoms with E-state index >= 15 is 0 Å². The largest absolute Gasteiger partial charge is 0.369 e. The van der Waals surface area contributed by atoms with Gasteiger partial charge in [0, 0.05) is 6.92 Å². The standard InChI is InChI=1S/C26H29N3O2/c1-19-28(17-24-18-31-24)14-15-29(19)23-13-12-22(16-23)26(25(27)30,20-8-4-2-5-9-20)21-10-6-3-7-11-21/h2-11,14-15,22-24H,12-13,16-18H2,1H3,(H-,27,30)/p+1/t22-,23+,24?/m1/s1. The van der Waals surface area contributed by atoms with Crippen molar-refractivity contribution in [1.29, 1.82) is 0 Å². The monoisotopic (exact) mass is 416 g/mol. The summed E-state index contributed by atoms with van der Waals surface area (Å²) >= 11 is 0. The second kappa shape index (κ2) is 7.97. The van der Waals surface area contributed by atoms with Crippen molar-refractivity contribution in [1.82, 2.24) is 4.57 Å². The summed E-state index contributed by atoms with van der Waals surface area (Å²) < 4.78 is 10.1. The molecule has 1 unspecified atom stereocenters. The van der Waals surface area contributed by atoms with Crippen LogP contribution in [0.4, 0.5) is 0 Å². The lowest BCUT2D eigenvalue weighted by Crippen LogP contribution is -2.47. The fourth-order valence-corrected chi connectivity index (χ4v) is 5.62. The highest BCUT2D eigenvalue weighted by Crippen LogP contribution is 2.49. The molecule has 2 N–H and O–H groups in total. The topological polar surface area (TPSA) is 64.4 Å². The van der Waals surface area contributed by atoms with Crippen LogP contribution in [-0.4, -0.2) is 23.2 Å². The first-order chi connectivity index (χ1) is 15.1. The molecule has 0 spiro atoms. The normalized spacial score (nSPS) is 23.1. The van der Waals surface area contributed by atoms with Crippen LogP contribution in [0.3, 0.4) is 0 Å². The fraction of sp³-hybridized carbons (Fsp3) is 0.385. The Morgan fingerprint density at radius 1 is 1.10 bits per heavy atom. The summed E-state index contributed by atoms with van der Waals surface area (Å²) in [6.45, 7) is 3.94. The van der Waals surface area contributed by atoms with Crippen LogP contribution < -0.4 is 10.3 Å². The lowest BCUT2D eigenvalue weighted by molar-refractivity contribution is -0.703. The fourth-order valence-electron chi connectivity index (χ4n) is 5.62. The minimum Gasteiger partial charge on any atom is -0.369 e. The molecule has 1 saturated carbocycles. The Morgan fingerprint density at radius 3 is 2.26 bits per heavy atom. The predicted molar refractivity (Wildman–Crippen MR) is 118 cm³/mol. The summed E-state index contributed by atoms with van der Waals surface area (Å²) in [6.07, 6.45) is 7.61. The summed E-state index contributed by atoms with van der Waals surface area (Å²) in [5.41, 5.74) is 7.39. The van der Waals surface area contributed by atoms with Gasteiger partial charge < -0.3 is 10.5 Å². The second-order valence-corrected chi connectivity index (χ2v) is 8.93. The molecule has 1 aliphatic carbocycles. The van der Waals surface area contributed by atoms with Crippen molar-refractivity contribution in [2.45, 2.75) is 50.3 Å². The van der Waals surface area contributed by atoms with Gasteiger partial charge in [-0.1, -0.05) is 60.7 Å². The molecule has 1 aliphatic heterocycles. The molecule has 0 radical (unpaired) electrons. The molecular formula is C26H30N3O2+. The Balaban J connectivity index is 1.51. The van der Waals surface area contributed by atoms with Crippen LogP contribution in [0.1, 0.15) is 42.3 Å². The number of epoxide rings is 1. The van der Waals surface area contributed by atoms with Gasteiger partial charge >= 0.3 is 0 Å². The molecule has 2 heterocycles. The first kappa shape index (κ1) is 20.0. The molecule has 1 saturated heterocycles. The molecule has 31 heavy (non-hydrogen) atoms. The molecule has 5 rings (SSSR count). The summed E-state index contributed by atoms with van der Waals surface area (Å²) in [4.78, 5) is 13.2. The van der Waals surface area contributed by atoms with Crippen LogP contribution in [0, 0.1) is 12.8 Å². The number of amides is 1. The number of rotatable bonds is 7. The van der Waals surface area contributed by atoms with Gasteiger partial charge in [0.2, 0.25) is 5.91 Å². The van der Waals surface area contributed by atoms with E-state index < -0.39 is 5.41 Å². The maximum atomic E-state index is 13.2. The molecule has 3 aromatic rings. The zero-order valence-electron chi connectivity index (χ0n) is 18.0. The van der Waals surface area contributed by atoms with Gasteiger partial charge in [0.15, 0.2) is 0 Å². The molecular weight excluding hydrogens is 386 g/mol. The molecule has 160 valence electrons. The number of aromatic nitrogens is 2. The number of ether oxygens (including phenoxy) is 1. The van der Waals surface area contributed by atoms with E-state index in [1.165, 1.54) is 5.82 Å². The minimum atomic E-state index is -0.823. The molecule has 5 nitrogen and oxygen atoms in total. The van der Waals surface area contributed by atoms with Gasteiger partial charge in [-0.25, -0.2) is 9.13 Å². The summed E-state index contributed by atoms with van der Waals surface area (Å²) in [5, 5.41) is 0. The summed E-state index contributed by atoms with van der Waals surface area (Å²) in [5.74, 6) is 1.12. The molecule has 3 atom stereocenters. The van der Waals surface area contributed by atoms with E-state index in [1.54, 1.807) is 0 Å². The van der Waals surface area contributed by atoms with Crippen molar-refractivity contribution >= 4 is 5.91 Å². The number of nitrogens with zero attached hydrogens (tertiary/aromatic N) is 2. The Bertz CT molecular complexity index is 1020. The Morgan fingerprint density at radius 2 is 1.71 bits per heavy atom. The van der Waals surface area contributed by atoms with E-state index in [9.17, 15) is 4.79 Å². The Labute approximate surface area is 183 Å². The van der Waals surface area contributed by atoms with Gasteiger partial charge in [0.1, 0.15) is 36.5 Å². The number of benzene rings is 2. The highest BCUT2D eigenvalue weighted by atomic mass is 16.6. The molecule has 2 aromatic carbocycles. The van der Waals surface area contributed by atoms with Gasteiger partial charge in [-0.15, -0.1) is 0 Å². The minimum absolute atomic E-state index is 0.141. The van der Waals surface area contributed by atoms with Gasteiger partial charge in [-0.05, 0) is 36.3 Å². The highest BCUT2D eigenvalue weighted by molar-refractivity contribution is 5.91. The van der Waals surface area contributed by atoms with Crippen molar-refractivity contribution in [3.05, 3.63) is 90.0 Å². The van der Waals surface area contributed by atoms with Crippen molar-refractivity contribution < 1.29 is 14.1 Å². The van der Waals surface area contributed by atoms with Crippen molar-refractivity contribution in [2.24, 2.45) is 11.7 Å². The molecule has 2 aliphatic rings. The molecule has 1 amide bonds. The average Bonchev–Trinajstić information content (AvgIpc) is 3.36. The van der Waals surface area contributed by atoms with E-state index in [-0.39, 0.29) is 11.8 Å². The number of imidazole rings is 1. The molecule has 2 fully saturated rings. The van der Waals surface area contributed by atoms with Gasteiger partial charge in [-0.3, -0.25) is 4.79 Å². The maximum Gasteiger partial charge on any atom is 0.253 e. The van der Waals surface area contributed by atoms with E-state index in [0.29, 0.717) is 12.1 Å². The zero-order chi connectivity index (χ0) is 21.4. The van der Waals surface area contributed by atoms with E-state index in [2.05, 4.69) is 52.7 Å². The van der Waals surface area contributed by atoms with Gasteiger partial charge in [-0.2, -0.15) is 0 Å². The first-order valence-electron chi connectivity index (χ1n) is 11.2. The third-order valence-electron chi connectivity index (χ3n) is 7.26. The van der Waals surface area contributed by atoms with E-state index in [0.717, 1.165) is 43.5 Å². The zero-order valence-corrected chi connectivity index (χ0v) is 18.0. The maximum absolute atomic E-state index is 13.2. The molecule has 5 heteroatoms. The van der Waals surface area contributed by atoms with Crippen LogP contribution in [0.5, 0.6) is 0 Å². The lowest BCUT2D eigenvalue weighted by Gasteiger charge is -2.37. The third-order valence-corrected chi connectivity index (χ3v) is 7.26. The summed E-state index contributed by atoms with van der Waals surface area (Å²) in [7, 11) is 0. The smallest absolute Gasteiger partial charge is 0.253 e. The van der Waals surface area contributed by atoms with E-state index in [1.807, 2.05) is 36.4 Å². The van der Waals surface area contributed by atoms with Crippen molar-refractivity contribution in [3.8, 4) is 0 Å². The van der Waals surface area contributed by atoms with E-state index in [4.69, 9.17) is 10.5 Å². The SMILES string of the molecule is Cc1n([C@H]2CC[C@@H](C(C(N)=O)(c3ccccc3)c3ccccc3)C2)cc[n+]1CC1CO1. The van der Waals surface area contributed by atoms with Crippen LogP contribution in [-0.2, 0) is 21.5 Å². The summed E-state index contributed by atoms with van der Waals surface area (Å²) in [6, 6.07) is 20.5. The Kier molecular flexibility index (Phi) is 5.14. The third kappa shape index (κ3) is 3.47. The molecule has 0 bridgehead atoms. The highest BCUT2D eigenvalue weighted by Gasteiger charge is 2.51. The molecule has 1 aromatic heterocycles. The first-order valence-corrected chi connectivity index (χ1v) is 11.2. The number of nitrogens with two attached hydrogens (primary N) is 1. The van der Waals surface area contributed by atoms with Crippen molar-refractivity contribution in [3.63, 3.8) is 0 Å². The number of carbonyl (C=O) groups is 1. The van der Waals surface area contributed by atoms with Gasteiger partial charge in [0.05, 0.1) is 6.61 Å². The van der Waals surface area contributed by atoms with Crippen LogP contribution in [0.25, 0.3) is 0 Å². The van der Waals surface area contributed by atoms with Crippen LogP contribution >= 0.6 is 0 Å².